The molecule has 0 unspecified atom stereocenters. The van der Waals surface area contributed by atoms with Gasteiger partial charge in [0.25, 0.3) is 17.6 Å². The molecule has 0 radical (unpaired) electrons. The third-order valence-electron chi connectivity index (χ3n) is 1.78. The highest BCUT2D eigenvalue weighted by Gasteiger charge is 2.15. The topological polar surface area (TPSA) is 91.8 Å². The highest BCUT2D eigenvalue weighted by Crippen LogP contribution is 2.25. The molecular formula is C9H6N4O2S. The lowest BCUT2D eigenvalue weighted by molar-refractivity contribution is 0.0950. The van der Waals surface area contributed by atoms with Crippen molar-refractivity contribution >= 4 is 17.2 Å². The fourth-order valence-corrected chi connectivity index (χ4v) is 1.77. The summed E-state index contributed by atoms with van der Waals surface area (Å²) in [6.07, 6.45) is 0. The van der Waals surface area contributed by atoms with Crippen molar-refractivity contribution in [3.05, 3.63) is 22.8 Å². The van der Waals surface area contributed by atoms with Gasteiger partial charge in [-0.05, 0) is 12.1 Å². The van der Waals surface area contributed by atoms with Gasteiger partial charge in [-0.1, -0.05) is 5.16 Å². The molecular weight excluding hydrogens is 228 g/mol. The summed E-state index contributed by atoms with van der Waals surface area (Å²) in [5, 5.41) is 14.6. The molecule has 16 heavy (non-hydrogen) atoms. The quantitative estimate of drug-likeness (QED) is 0.837. The van der Waals surface area contributed by atoms with Gasteiger partial charge in [0.05, 0.1) is 4.88 Å². The molecule has 0 fully saturated rings. The van der Waals surface area contributed by atoms with E-state index in [4.69, 9.17) is 9.78 Å². The van der Waals surface area contributed by atoms with Gasteiger partial charge in [-0.2, -0.15) is 10.2 Å². The van der Waals surface area contributed by atoms with Crippen molar-refractivity contribution in [3.8, 4) is 16.8 Å². The van der Waals surface area contributed by atoms with Gasteiger partial charge in [-0.25, -0.2) is 0 Å². The van der Waals surface area contributed by atoms with Crippen molar-refractivity contribution in [1.82, 2.24) is 15.5 Å². The molecule has 80 valence electrons. The second-order valence-electron chi connectivity index (χ2n) is 2.78. The van der Waals surface area contributed by atoms with E-state index in [2.05, 4.69) is 15.5 Å². The molecule has 2 rings (SSSR count). The van der Waals surface area contributed by atoms with E-state index in [9.17, 15) is 4.79 Å². The molecule has 0 aromatic carbocycles. The predicted octanol–water partition coefficient (Wildman–Crippen LogP) is 1.03. The molecule has 0 saturated carbocycles. The molecule has 0 spiro atoms. The molecule has 0 aliphatic carbocycles. The second-order valence-corrected chi connectivity index (χ2v) is 3.86. The molecule has 7 heteroatoms. The lowest BCUT2D eigenvalue weighted by Crippen LogP contribution is -2.19. The number of thiophene rings is 1. The third kappa shape index (κ3) is 1.78. The first-order valence-electron chi connectivity index (χ1n) is 4.30. The minimum atomic E-state index is -0.410. The average molecular weight is 234 g/mol. The fourth-order valence-electron chi connectivity index (χ4n) is 1.04. The molecule has 2 aromatic heterocycles. The van der Waals surface area contributed by atoms with Crippen molar-refractivity contribution in [3.63, 3.8) is 0 Å². The predicted molar refractivity (Wildman–Crippen MR) is 55.7 cm³/mol. The zero-order chi connectivity index (χ0) is 11.5. The van der Waals surface area contributed by atoms with Crippen LogP contribution in [-0.4, -0.2) is 23.1 Å². The van der Waals surface area contributed by atoms with Crippen LogP contribution >= 0.6 is 11.3 Å². The Hall–Kier alpha value is -2.20. The van der Waals surface area contributed by atoms with Crippen LogP contribution in [0.5, 0.6) is 0 Å². The lowest BCUT2D eigenvalue weighted by Gasteiger charge is -1.87. The molecule has 6 nitrogen and oxygen atoms in total. The summed E-state index contributed by atoms with van der Waals surface area (Å²) >= 11 is 1.23. The minimum absolute atomic E-state index is 0.0237. The molecule has 0 atom stereocenters. The highest BCUT2D eigenvalue weighted by atomic mass is 32.1. The van der Waals surface area contributed by atoms with Gasteiger partial charge in [-0.3, -0.25) is 4.79 Å². The van der Waals surface area contributed by atoms with Crippen molar-refractivity contribution in [1.29, 1.82) is 5.26 Å². The normalized spacial score (nSPS) is 9.75. The Kier molecular flexibility index (Phi) is 2.66. The van der Waals surface area contributed by atoms with Gasteiger partial charge in [0.15, 0.2) is 0 Å². The number of amides is 1. The monoisotopic (exact) mass is 234 g/mol. The molecule has 0 bridgehead atoms. The number of nitrogens with zero attached hydrogens (tertiary/aromatic N) is 3. The van der Waals surface area contributed by atoms with Crippen LogP contribution in [0.25, 0.3) is 10.8 Å². The Morgan fingerprint density at radius 2 is 2.44 bits per heavy atom. The van der Waals surface area contributed by atoms with E-state index in [1.165, 1.54) is 18.4 Å². The number of hydrogen-bond donors (Lipinski definition) is 1. The standard InChI is InChI=1S/C9H6N4O2S/c1-11-8(14)7-12-9(15-13-7)6-3-2-5(4-10)16-6/h2-3H,1H3,(H,11,14). The van der Waals surface area contributed by atoms with E-state index in [1.54, 1.807) is 12.1 Å². The Morgan fingerprint density at radius 3 is 3.06 bits per heavy atom. The summed E-state index contributed by atoms with van der Waals surface area (Å²) < 4.78 is 4.91. The molecule has 0 aliphatic heterocycles. The van der Waals surface area contributed by atoms with Crippen molar-refractivity contribution in [2.75, 3.05) is 7.05 Å². The highest BCUT2D eigenvalue weighted by molar-refractivity contribution is 7.15. The van der Waals surface area contributed by atoms with Crippen LogP contribution in [0.2, 0.25) is 0 Å². The Morgan fingerprint density at radius 1 is 1.62 bits per heavy atom. The summed E-state index contributed by atoms with van der Waals surface area (Å²) in [6, 6.07) is 5.36. The molecule has 0 aliphatic rings. The average Bonchev–Trinajstić information content (AvgIpc) is 2.95. The molecule has 2 aromatic rings. The summed E-state index contributed by atoms with van der Waals surface area (Å²) in [6.45, 7) is 0. The molecule has 2 heterocycles. The van der Waals surface area contributed by atoms with Crippen molar-refractivity contribution < 1.29 is 9.32 Å². The van der Waals surface area contributed by atoms with Gasteiger partial charge in [0, 0.05) is 7.05 Å². The third-order valence-corrected chi connectivity index (χ3v) is 2.76. The molecule has 1 amide bonds. The number of hydrogen-bond acceptors (Lipinski definition) is 6. The number of nitrogens with one attached hydrogen (secondary N) is 1. The maximum Gasteiger partial charge on any atom is 0.292 e. The Labute approximate surface area is 94.5 Å². The maximum atomic E-state index is 11.2. The maximum absolute atomic E-state index is 11.2. The zero-order valence-electron chi connectivity index (χ0n) is 8.22. The largest absolute Gasteiger partial charge is 0.352 e. The Balaban J connectivity index is 2.32. The number of rotatable bonds is 2. The van der Waals surface area contributed by atoms with Gasteiger partial charge in [0.1, 0.15) is 10.9 Å². The summed E-state index contributed by atoms with van der Waals surface area (Å²) in [5.41, 5.74) is 0. The summed E-state index contributed by atoms with van der Waals surface area (Å²) in [5.74, 6) is -0.193. The first-order chi connectivity index (χ1) is 7.74. The fraction of sp³-hybridized carbons (Fsp3) is 0.111. The lowest BCUT2D eigenvalue weighted by atomic mass is 10.4. The van der Waals surface area contributed by atoms with E-state index < -0.39 is 5.91 Å². The van der Waals surface area contributed by atoms with Crippen LogP contribution in [0.1, 0.15) is 15.5 Å². The van der Waals surface area contributed by atoms with E-state index in [0.717, 1.165) is 0 Å². The first kappa shape index (κ1) is 10.3. The first-order valence-corrected chi connectivity index (χ1v) is 5.12. The van der Waals surface area contributed by atoms with Crippen LogP contribution in [-0.2, 0) is 0 Å². The smallest absolute Gasteiger partial charge is 0.292 e. The van der Waals surface area contributed by atoms with E-state index in [1.807, 2.05) is 6.07 Å². The van der Waals surface area contributed by atoms with E-state index >= 15 is 0 Å². The molecule has 1 N–H and O–H groups in total. The number of aromatic nitrogens is 2. The zero-order valence-corrected chi connectivity index (χ0v) is 9.04. The van der Waals surface area contributed by atoms with E-state index in [0.29, 0.717) is 9.75 Å². The molecule has 0 saturated heterocycles. The van der Waals surface area contributed by atoms with Crippen LogP contribution in [0.4, 0.5) is 0 Å². The van der Waals surface area contributed by atoms with Crippen LogP contribution in [0, 0.1) is 11.3 Å². The number of carbonyl (C=O) groups excluding carboxylic acids is 1. The second kappa shape index (κ2) is 4.12. The van der Waals surface area contributed by atoms with Gasteiger partial charge in [-0.15, -0.1) is 11.3 Å². The van der Waals surface area contributed by atoms with Crippen molar-refractivity contribution in [2.24, 2.45) is 0 Å². The van der Waals surface area contributed by atoms with Crippen LogP contribution in [0.3, 0.4) is 0 Å². The summed E-state index contributed by atoms with van der Waals surface area (Å²) in [7, 11) is 1.48. The number of nitriles is 1. The SMILES string of the molecule is CNC(=O)c1noc(-c2ccc(C#N)s2)n1. The van der Waals surface area contributed by atoms with Gasteiger partial charge < -0.3 is 9.84 Å². The minimum Gasteiger partial charge on any atom is -0.352 e. The van der Waals surface area contributed by atoms with Crippen LogP contribution in [0.15, 0.2) is 16.7 Å². The van der Waals surface area contributed by atoms with Gasteiger partial charge >= 0.3 is 0 Å². The number of carbonyl (C=O) groups is 1. The van der Waals surface area contributed by atoms with Crippen molar-refractivity contribution in [2.45, 2.75) is 0 Å². The Bertz CT molecular complexity index is 566. The van der Waals surface area contributed by atoms with Crippen LogP contribution < -0.4 is 5.32 Å². The summed E-state index contributed by atoms with van der Waals surface area (Å²) in [4.78, 5) is 16.3. The van der Waals surface area contributed by atoms with E-state index in [-0.39, 0.29) is 11.7 Å². The van der Waals surface area contributed by atoms with Gasteiger partial charge in [0.2, 0.25) is 0 Å².